The summed E-state index contributed by atoms with van der Waals surface area (Å²) in [6.07, 6.45) is -0.143. The lowest BCUT2D eigenvalue weighted by molar-refractivity contribution is -0.159. The summed E-state index contributed by atoms with van der Waals surface area (Å²) < 4.78 is 5.46. The summed E-state index contributed by atoms with van der Waals surface area (Å²) in [5.41, 5.74) is 4.13. The largest absolute Gasteiger partial charge is 0.507 e. The zero-order valence-corrected chi connectivity index (χ0v) is 20.1. The molecular formula is C27H27NO9. The number of fused-ring (bicyclic) bond motifs is 2. The van der Waals surface area contributed by atoms with Gasteiger partial charge in [-0.3, -0.25) is 19.2 Å². The molecule has 37 heavy (non-hydrogen) atoms. The topological polar surface area (TPSA) is 184 Å². The summed E-state index contributed by atoms with van der Waals surface area (Å²) in [5.74, 6) is -5.40. The Morgan fingerprint density at radius 3 is 2.54 bits per heavy atom. The molecule has 0 heterocycles. The molecule has 2 aromatic carbocycles. The monoisotopic (exact) mass is 509 g/mol. The lowest BCUT2D eigenvalue weighted by Gasteiger charge is -2.43. The average Bonchev–Trinajstić information content (AvgIpc) is 2.86. The molecule has 2 aliphatic rings. The number of amides is 1. The third-order valence-corrected chi connectivity index (χ3v) is 7.28. The molecule has 4 rings (SSSR count). The first kappa shape index (κ1) is 26.1. The van der Waals surface area contributed by atoms with E-state index in [9.17, 15) is 39.6 Å². The molecule has 2 aliphatic carbocycles. The standard InChI is InChI=1S/C27H27NO9/c1-37-20-5-2-13(12-30)8-17(20)16-3-4-19(31)24-18(16)10-14-9-15(6-7-29)27(36,21(32)11-22(28)33)26(35)23(14)25(24)34/h2-5,8,12,14-15,29,31,34,36H,6-7,9-11H2,1H3,(H2,28,33)/t14-,15-,27-/m1/s1. The van der Waals surface area contributed by atoms with Crippen LogP contribution in [0.3, 0.4) is 0 Å². The summed E-state index contributed by atoms with van der Waals surface area (Å²) in [6, 6.07) is 7.75. The van der Waals surface area contributed by atoms with Crippen molar-refractivity contribution in [2.45, 2.75) is 31.3 Å². The summed E-state index contributed by atoms with van der Waals surface area (Å²) in [4.78, 5) is 49.3. The molecule has 3 atom stereocenters. The highest BCUT2D eigenvalue weighted by atomic mass is 16.5. The number of phenols is 1. The van der Waals surface area contributed by atoms with Crippen molar-refractivity contribution in [3.63, 3.8) is 0 Å². The Balaban J connectivity index is 1.93. The van der Waals surface area contributed by atoms with E-state index in [4.69, 9.17) is 10.5 Å². The molecule has 1 saturated carbocycles. The van der Waals surface area contributed by atoms with Gasteiger partial charge in [-0.05, 0) is 60.6 Å². The number of hydrogen-bond donors (Lipinski definition) is 5. The fourth-order valence-corrected chi connectivity index (χ4v) is 5.58. The van der Waals surface area contributed by atoms with Gasteiger partial charge in [-0.2, -0.15) is 0 Å². The van der Waals surface area contributed by atoms with Crippen LogP contribution >= 0.6 is 0 Å². The number of methoxy groups -OCH3 is 1. The molecule has 0 saturated heterocycles. The number of Topliss-reactive ketones (excluding diaryl/α,β-unsaturated/α-hetero) is 2. The number of ether oxygens (including phenoxy) is 1. The van der Waals surface area contributed by atoms with E-state index in [0.29, 0.717) is 34.3 Å². The van der Waals surface area contributed by atoms with Crippen molar-refractivity contribution < 1.29 is 44.3 Å². The SMILES string of the molecule is COc1ccc(C=O)cc1-c1ccc(O)c2c1C[C@H]1C[C@@H](CCO)[C@@](O)(C(=O)CC(N)=O)C(=O)C1=C2O. The number of carbonyl (C=O) groups excluding carboxylic acids is 4. The van der Waals surface area contributed by atoms with Crippen molar-refractivity contribution in [1.29, 1.82) is 0 Å². The molecule has 0 radical (unpaired) electrons. The molecule has 1 amide bonds. The number of hydrogen-bond acceptors (Lipinski definition) is 9. The molecule has 0 aliphatic heterocycles. The number of carbonyl (C=O) groups is 4. The van der Waals surface area contributed by atoms with Crippen molar-refractivity contribution in [2.75, 3.05) is 13.7 Å². The van der Waals surface area contributed by atoms with E-state index >= 15 is 0 Å². The van der Waals surface area contributed by atoms with Crippen LogP contribution in [0.15, 0.2) is 35.9 Å². The van der Waals surface area contributed by atoms with Crippen LogP contribution in [0.4, 0.5) is 0 Å². The Hall–Kier alpha value is -4.02. The second-order valence-corrected chi connectivity index (χ2v) is 9.33. The van der Waals surface area contributed by atoms with Gasteiger partial charge in [0.25, 0.3) is 0 Å². The van der Waals surface area contributed by atoms with Gasteiger partial charge in [-0.25, -0.2) is 0 Å². The zero-order valence-electron chi connectivity index (χ0n) is 20.1. The smallest absolute Gasteiger partial charge is 0.225 e. The Morgan fingerprint density at radius 2 is 1.92 bits per heavy atom. The number of aliphatic hydroxyl groups is 3. The van der Waals surface area contributed by atoms with Gasteiger partial charge in [-0.15, -0.1) is 0 Å². The maximum Gasteiger partial charge on any atom is 0.225 e. The number of aliphatic hydroxyl groups excluding tert-OH is 2. The van der Waals surface area contributed by atoms with Gasteiger partial charge < -0.3 is 30.9 Å². The van der Waals surface area contributed by atoms with E-state index in [0.717, 1.165) is 0 Å². The van der Waals surface area contributed by atoms with Gasteiger partial charge in [0.15, 0.2) is 11.4 Å². The van der Waals surface area contributed by atoms with Gasteiger partial charge in [0.1, 0.15) is 23.5 Å². The minimum atomic E-state index is -2.66. The van der Waals surface area contributed by atoms with Crippen LogP contribution in [0.2, 0.25) is 0 Å². The Labute approximate surface area is 212 Å². The van der Waals surface area contributed by atoms with Gasteiger partial charge in [0.2, 0.25) is 11.7 Å². The first-order valence-corrected chi connectivity index (χ1v) is 11.7. The van der Waals surface area contributed by atoms with E-state index in [1.54, 1.807) is 24.3 Å². The molecule has 0 bridgehead atoms. The van der Waals surface area contributed by atoms with Crippen LogP contribution in [0.25, 0.3) is 16.9 Å². The molecular weight excluding hydrogens is 482 g/mol. The normalized spacial score (nSPS) is 22.7. The first-order valence-electron chi connectivity index (χ1n) is 11.7. The molecule has 2 aromatic rings. The van der Waals surface area contributed by atoms with Gasteiger partial charge in [-0.1, -0.05) is 6.07 Å². The Bertz CT molecular complexity index is 1350. The number of primary amides is 1. The number of aldehydes is 1. The Kier molecular flexibility index (Phi) is 6.90. The van der Waals surface area contributed by atoms with Gasteiger partial charge in [0, 0.05) is 29.2 Å². The van der Waals surface area contributed by atoms with Crippen LogP contribution in [0, 0.1) is 11.8 Å². The Morgan fingerprint density at radius 1 is 1.19 bits per heavy atom. The number of rotatable bonds is 8. The van der Waals surface area contributed by atoms with Crippen LogP contribution in [-0.4, -0.2) is 63.5 Å². The van der Waals surface area contributed by atoms with Gasteiger partial charge >= 0.3 is 0 Å². The summed E-state index contributed by atoms with van der Waals surface area (Å²) in [5, 5.41) is 42.8. The molecule has 6 N–H and O–H groups in total. The molecule has 10 nitrogen and oxygen atoms in total. The van der Waals surface area contributed by atoms with Crippen LogP contribution < -0.4 is 10.5 Å². The first-order chi connectivity index (χ1) is 17.6. The lowest BCUT2D eigenvalue weighted by Crippen LogP contribution is -2.59. The average molecular weight is 510 g/mol. The predicted molar refractivity (Wildman–Crippen MR) is 131 cm³/mol. The summed E-state index contributed by atoms with van der Waals surface area (Å²) in [7, 11) is 1.46. The van der Waals surface area contributed by atoms with Crippen molar-refractivity contribution in [3.05, 3.63) is 52.6 Å². The minimum absolute atomic E-state index is 0.0345. The quantitative estimate of drug-likeness (QED) is 0.260. The summed E-state index contributed by atoms with van der Waals surface area (Å²) >= 11 is 0. The molecule has 10 heteroatoms. The van der Waals surface area contributed by atoms with Crippen molar-refractivity contribution in [2.24, 2.45) is 17.6 Å². The predicted octanol–water partition coefficient (Wildman–Crippen LogP) is 1.47. The number of ketones is 2. The second-order valence-electron chi connectivity index (χ2n) is 9.33. The van der Waals surface area contributed by atoms with Crippen LogP contribution in [0.5, 0.6) is 11.5 Å². The lowest BCUT2D eigenvalue weighted by atomic mass is 9.61. The van der Waals surface area contributed by atoms with Crippen molar-refractivity contribution in [1.82, 2.24) is 0 Å². The summed E-state index contributed by atoms with van der Waals surface area (Å²) in [6.45, 7) is -0.430. The highest BCUT2D eigenvalue weighted by Crippen LogP contribution is 2.51. The zero-order chi connectivity index (χ0) is 27.1. The maximum atomic E-state index is 13.6. The van der Waals surface area contributed by atoms with E-state index in [2.05, 4.69) is 0 Å². The fourth-order valence-electron chi connectivity index (χ4n) is 5.58. The number of benzene rings is 2. The number of nitrogens with two attached hydrogens (primary N) is 1. The van der Waals surface area contributed by atoms with Crippen LogP contribution in [-0.2, 0) is 20.8 Å². The maximum absolute atomic E-state index is 13.6. The fraction of sp³-hybridized carbons (Fsp3) is 0.333. The molecule has 194 valence electrons. The molecule has 1 fully saturated rings. The van der Waals surface area contributed by atoms with Crippen molar-refractivity contribution in [3.8, 4) is 22.6 Å². The van der Waals surface area contributed by atoms with E-state index < -0.39 is 53.7 Å². The van der Waals surface area contributed by atoms with Crippen LogP contribution in [0.1, 0.15) is 40.7 Å². The molecule has 0 aromatic heterocycles. The van der Waals surface area contributed by atoms with E-state index in [-0.39, 0.29) is 36.1 Å². The number of aromatic hydroxyl groups is 1. The molecule has 0 unspecified atom stereocenters. The number of phenolic OH excluding ortho intramolecular Hbond substituents is 1. The third kappa shape index (κ3) is 4.17. The van der Waals surface area contributed by atoms with E-state index in [1.165, 1.54) is 13.2 Å². The second kappa shape index (κ2) is 9.79. The van der Waals surface area contributed by atoms with Gasteiger partial charge in [0.05, 0.1) is 19.1 Å². The molecule has 0 spiro atoms. The van der Waals surface area contributed by atoms with Crippen molar-refractivity contribution >= 4 is 29.5 Å². The third-order valence-electron chi connectivity index (χ3n) is 7.28. The van der Waals surface area contributed by atoms with E-state index in [1.807, 2.05) is 0 Å². The minimum Gasteiger partial charge on any atom is -0.507 e. The highest BCUT2D eigenvalue weighted by Gasteiger charge is 2.57. The highest BCUT2D eigenvalue weighted by molar-refractivity contribution is 6.23.